The standard InChI is InChI=1S/C30H25F2N9O2/c1-39-27-18(15-36-39)6-5-8-21(27)25-24(32)26-22(16-35-25)28(38-30(37-26)43-2)40-12-13-41(20(17-40)9-10-33)29(42)23(31)14-19-7-3-4-11-34-19/h3-8,11,14-16,20H,9,12-13,17H2,1-2H3/b23-14-. The summed E-state index contributed by atoms with van der Waals surface area (Å²) in [4.78, 5) is 33.5. The highest BCUT2D eigenvalue weighted by molar-refractivity contribution is 5.98. The van der Waals surface area contributed by atoms with Crippen LogP contribution in [0.25, 0.3) is 39.1 Å². The van der Waals surface area contributed by atoms with E-state index in [2.05, 4.69) is 31.1 Å². The number of hydrogen-bond acceptors (Lipinski definition) is 9. The number of methoxy groups -OCH3 is 1. The zero-order valence-corrected chi connectivity index (χ0v) is 23.3. The molecule has 1 unspecified atom stereocenters. The number of aromatic nitrogens is 6. The van der Waals surface area contributed by atoms with Gasteiger partial charge in [0.2, 0.25) is 0 Å². The number of pyridine rings is 2. The van der Waals surface area contributed by atoms with Gasteiger partial charge in [0.25, 0.3) is 5.91 Å². The molecule has 6 rings (SSSR count). The molecule has 4 aromatic heterocycles. The molecule has 0 N–H and O–H groups in total. The number of benzene rings is 1. The average Bonchev–Trinajstić information content (AvgIpc) is 3.42. The van der Waals surface area contributed by atoms with Crippen molar-refractivity contribution >= 4 is 39.6 Å². The Morgan fingerprint density at radius 2 is 2.02 bits per heavy atom. The van der Waals surface area contributed by atoms with E-state index < -0.39 is 23.6 Å². The maximum Gasteiger partial charge on any atom is 0.318 e. The highest BCUT2D eigenvalue weighted by Gasteiger charge is 2.34. The molecule has 1 saturated heterocycles. The lowest BCUT2D eigenvalue weighted by Gasteiger charge is -2.41. The first-order chi connectivity index (χ1) is 20.9. The monoisotopic (exact) mass is 581 g/mol. The first kappa shape index (κ1) is 27.6. The molecule has 216 valence electrons. The van der Waals surface area contributed by atoms with E-state index in [9.17, 15) is 14.4 Å². The van der Waals surface area contributed by atoms with Gasteiger partial charge in [0.1, 0.15) is 17.0 Å². The first-order valence-electron chi connectivity index (χ1n) is 13.4. The van der Waals surface area contributed by atoms with Gasteiger partial charge in [-0.1, -0.05) is 24.3 Å². The van der Waals surface area contributed by atoms with Crippen LogP contribution in [0, 0.1) is 17.1 Å². The number of carbonyl (C=O) groups excluding carboxylic acids is 1. The molecule has 1 amide bonds. The van der Waals surface area contributed by atoms with Gasteiger partial charge in [0.15, 0.2) is 11.6 Å². The Labute approximate surface area is 244 Å². The van der Waals surface area contributed by atoms with Crippen LogP contribution in [-0.4, -0.2) is 73.3 Å². The van der Waals surface area contributed by atoms with E-state index in [1.807, 2.05) is 6.07 Å². The van der Waals surface area contributed by atoms with Gasteiger partial charge < -0.3 is 14.5 Å². The molecule has 43 heavy (non-hydrogen) atoms. The van der Waals surface area contributed by atoms with Crippen LogP contribution in [-0.2, 0) is 11.8 Å². The Morgan fingerprint density at radius 1 is 1.16 bits per heavy atom. The number of para-hydroxylation sites is 1. The van der Waals surface area contributed by atoms with Gasteiger partial charge in [-0.25, -0.2) is 8.78 Å². The van der Waals surface area contributed by atoms with E-state index in [1.54, 1.807) is 53.2 Å². The molecule has 1 aromatic carbocycles. The molecule has 1 aliphatic heterocycles. The van der Waals surface area contributed by atoms with Crippen LogP contribution in [0.4, 0.5) is 14.6 Å². The number of carbonyl (C=O) groups is 1. The third-order valence-electron chi connectivity index (χ3n) is 7.38. The van der Waals surface area contributed by atoms with Crippen LogP contribution < -0.4 is 9.64 Å². The summed E-state index contributed by atoms with van der Waals surface area (Å²) in [5.41, 5.74) is 1.68. The van der Waals surface area contributed by atoms with Crippen molar-refractivity contribution in [1.82, 2.24) is 34.6 Å². The predicted octanol–water partition coefficient (Wildman–Crippen LogP) is 4.06. The molecule has 5 aromatic rings. The molecular weight excluding hydrogens is 556 g/mol. The number of piperazine rings is 1. The smallest absolute Gasteiger partial charge is 0.318 e. The molecule has 0 radical (unpaired) electrons. The van der Waals surface area contributed by atoms with E-state index in [1.165, 1.54) is 24.4 Å². The summed E-state index contributed by atoms with van der Waals surface area (Å²) in [6.07, 6.45) is 5.72. The van der Waals surface area contributed by atoms with Crippen LogP contribution in [0.1, 0.15) is 12.1 Å². The fraction of sp³-hybridized carbons (Fsp3) is 0.233. The topological polar surface area (TPSA) is 126 Å². The Balaban J connectivity index is 1.36. The molecule has 1 atom stereocenters. The van der Waals surface area contributed by atoms with Gasteiger partial charge in [-0.05, 0) is 12.1 Å². The van der Waals surface area contributed by atoms with Crippen molar-refractivity contribution in [3.63, 3.8) is 0 Å². The maximum atomic E-state index is 16.2. The summed E-state index contributed by atoms with van der Waals surface area (Å²) in [5, 5.41) is 15.0. The minimum absolute atomic E-state index is 0.00528. The first-order valence-corrected chi connectivity index (χ1v) is 13.4. The second-order valence-corrected chi connectivity index (χ2v) is 9.94. The maximum absolute atomic E-state index is 16.2. The number of amides is 1. The van der Waals surface area contributed by atoms with Crippen molar-refractivity contribution in [2.75, 3.05) is 31.6 Å². The fourth-order valence-electron chi connectivity index (χ4n) is 5.35. The normalized spacial score (nSPS) is 15.6. The Morgan fingerprint density at radius 3 is 2.79 bits per heavy atom. The number of anilines is 1. The summed E-state index contributed by atoms with van der Waals surface area (Å²) < 4.78 is 38.2. The van der Waals surface area contributed by atoms with E-state index in [0.717, 1.165) is 17.0 Å². The summed E-state index contributed by atoms with van der Waals surface area (Å²) >= 11 is 0. The number of ether oxygens (including phenoxy) is 1. The van der Waals surface area contributed by atoms with Gasteiger partial charge in [0.05, 0.1) is 48.4 Å². The second kappa shape index (κ2) is 11.4. The average molecular weight is 582 g/mol. The zero-order chi connectivity index (χ0) is 30.1. The molecule has 13 heteroatoms. The fourth-order valence-corrected chi connectivity index (χ4v) is 5.35. The largest absolute Gasteiger partial charge is 0.467 e. The molecule has 5 heterocycles. The van der Waals surface area contributed by atoms with E-state index >= 15 is 4.39 Å². The predicted molar refractivity (Wildman–Crippen MR) is 155 cm³/mol. The Bertz CT molecular complexity index is 1920. The van der Waals surface area contributed by atoms with Crippen LogP contribution >= 0.6 is 0 Å². The van der Waals surface area contributed by atoms with Crippen LogP contribution in [0.2, 0.25) is 0 Å². The van der Waals surface area contributed by atoms with Gasteiger partial charge in [-0.2, -0.15) is 20.3 Å². The molecule has 11 nitrogen and oxygen atoms in total. The lowest BCUT2D eigenvalue weighted by atomic mass is 10.1. The van der Waals surface area contributed by atoms with E-state index in [-0.39, 0.29) is 43.3 Å². The minimum Gasteiger partial charge on any atom is -0.467 e. The van der Waals surface area contributed by atoms with Gasteiger partial charge >= 0.3 is 6.01 Å². The molecule has 0 bridgehead atoms. The number of rotatable bonds is 6. The summed E-state index contributed by atoms with van der Waals surface area (Å²) in [7, 11) is 3.16. The second-order valence-electron chi connectivity index (χ2n) is 9.94. The molecule has 1 fully saturated rings. The van der Waals surface area contributed by atoms with Crippen LogP contribution in [0.3, 0.4) is 0 Å². The molecule has 0 aliphatic carbocycles. The van der Waals surface area contributed by atoms with Crippen LogP contribution in [0.5, 0.6) is 6.01 Å². The van der Waals surface area contributed by atoms with Gasteiger partial charge in [0, 0.05) is 56.1 Å². The van der Waals surface area contributed by atoms with Crippen molar-refractivity contribution in [3.05, 3.63) is 72.3 Å². The third kappa shape index (κ3) is 5.07. The Kier molecular flexibility index (Phi) is 7.33. The number of nitriles is 1. The van der Waals surface area contributed by atoms with Gasteiger partial charge in [-0.15, -0.1) is 0 Å². The van der Waals surface area contributed by atoms with Crippen LogP contribution in [0.15, 0.2) is 60.8 Å². The molecule has 0 saturated carbocycles. The summed E-state index contributed by atoms with van der Waals surface area (Å²) in [5.74, 6) is -2.14. The van der Waals surface area contributed by atoms with E-state index in [4.69, 9.17) is 4.74 Å². The highest BCUT2D eigenvalue weighted by Crippen LogP contribution is 2.35. The summed E-state index contributed by atoms with van der Waals surface area (Å²) in [6, 6.07) is 11.8. The SMILES string of the molecule is COc1nc(N2CCN(C(=O)/C(F)=C/c3ccccn3)C(CC#N)C2)c2cnc(-c3cccc4cnn(C)c34)c(F)c2n1. The Hall–Kier alpha value is -5.51. The van der Waals surface area contributed by atoms with Crippen molar-refractivity contribution in [3.8, 4) is 23.3 Å². The highest BCUT2D eigenvalue weighted by atomic mass is 19.1. The minimum atomic E-state index is -0.980. The zero-order valence-electron chi connectivity index (χ0n) is 23.3. The number of hydrogen-bond donors (Lipinski definition) is 0. The number of aryl methyl sites for hydroxylation is 1. The van der Waals surface area contributed by atoms with Crippen molar-refractivity contribution in [2.24, 2.45) is 7.05 Å². The van der Waals surface area contributed by atoms with E-state index in [0.29, 0.717) is 22.5 Å². The van der Waals surface area contributed by atoms with Crippen molar-refractivity contribution in [2.45, 2.75) is 12.5 Å². The lowest BCUT2D eigenvalue weighted by molar-refractivity contribution is -0.131. The third-order valence-corrected chi connectivity index (χ3v) is 7.38. The number of nitrogens with zero attached hydrogens (tertiary/aromatic N) is 9. The number of halogens is 2. The summed E-state index contributed by atoms with van der Waals surface area (Å²) in [6.45, 7) is 0.472. The van der Waals surface area contributed by atoms with Crippen molar-refractivity contribution < 1.29 is 18.3 Å². The number of fused-ring (bicyclic) bond motifs is 2. The lowest BCUT2D eigenvalue weighted by Crippen LogP contribution is -2.55. The molecule has 0 spiro atoms. The molecule has 1 aliphatic rings. The molecular formula is C30H25F2N9O2. The van der Waals surface area contributed by atoms with Gasteiger partial charge in [-0.3, -0.25) is 19.4 Å². The quantitative estimate of drug-likeness (QED) is 0.273. The van der Waals surface area contributed by atoms with Crippen molar-refractivity contribution in [1.29, 1.82) is 5.26 Å².